The van der Waals surface area contributed by atoms with Crippen molar-refractivity contribution in [3.8, 4) is 0 Å². The number of carbonyl (C=O) groups excluding carboxylic acids is 3. The topological polar surface area (TPSA) is 75.7 Å². The lowest BCUT2D eigenvalue weighted by atomic mass is 10.1. The second kappa shape index (κ2) is 8.82. The van der Waals surface area contributed by atoms with Crippen molar-refractivity contribution in [2.24, 2.45) is 5.92 Å². The Hall–Kier alpha value is -2.28. The Bertz CT molecular complexity index is 935. The molecule has 3 rings (SSSR count). The minimum atomic E-state index is -0.658. The van der Waals surface area contributed by atoms with Gasteiger partial charge in [-0.3, -0.25) is 14.4 Å². The number of hydrogen-bond donors (Lipinski definition) is 1. The minimum absolute atomic E-state index is 0.00703. The number of rotatable bonds is 5. The first-order valence-electron chi connectivity index (χ1n) is 8.31. The fraction of sp³-hybridized carbons (Fsp3) is 0.211. The van der Waals surface area contributed by atoms with Crippen molar-refractivity contribution in [2.75, 3.05) is 23.4 Å². The number of ether oxygens (including phenoxy) is 1. The van der Waals surface area contributed by atoms with E-state index in [9.17, 15) is 14.4 Å². The Morgan fingerprint density at radius 1 is 1.11 bits per heavy atom. The van der Waals surface area contributed by atoms with Crippen LogP contribution in [0.1, 0.15) is 6.42 Å². The largest absolute Gasteiger partial charge is 0.455 e. The third-order valence-corrected chi connectivity index (χ3v) is 4.93. The standard InChI is InChI=1S/C19H15Cl3N2O4/c20-12-2-1-3-14(7-12)24-9-11(6-18(24)26)19(27)28-10-17(25)23-16-8-13(21)4-5-15(16)22/h1-5,7-8,11H,6,9-10H2,(H,23,25)/t11-/m1/s1. The van der Waals surface area contributed by atoms with E-state index in [1.165, 1.54) is 11.0 Å². The Labute approximate surface area is 176 Å². The third-order valence-electron chi connectivity index (χ3n) is 4.13. The first kappa shape index (κ1) is 20.5. The van der Waals surface area contributed by atoms with Crippen LogP contribution < -0.4 is 10.2 Å². The second-order valence-corrected chi connectivity index (χ2v) is 7.45. The van der Waals surface area contributed by atoms with E-state index in [1.807, 2.05) is 0 Å². The molecule has 2 aromatic rings. The van der Waals surface area contributed by atoms with E-state index in [4.69, 9.17) is 39.5 Å². The molecule has 0 unspecified atom stereocenters. The van der Waals surface area contributed by atoms with Crippen molar-refractivity contribution < 1.29 is 19.1 Å². The Morgan fingerprint density at radius 3 is 2.61 bits per heavy atom. The van der Waals surface area contributed by atoms with Gasteiger partial charge in [-0.25, -0.2) is 0 Å². The molecule has 0 radical (unpaired) electrons. The Balaban J connectivity index is 1.54. The molecular formula is C19H15Cl3N2O4. The molecule has 0 saturated carbocycles. The number of anilines is 2. The monoisotopic (exact) mass is 440 g/mol. The maximum absolute atomic E-state index is 12.3. The first-order chi connectivity index (χ1) is 13.3. The van der Waals surface area contributed by atoms with E-state index in [0.717, 1.165) is 0 Å². The number of nitrogens with one attached hydrogen (secondary N) is 1. The zero-order valence-corrected chi connectivity index (χ0v) is 16.7. The number of esters is 1. The fourth-order valence-electron chi connectivity index (χ4n) is 2.79. The molecule has 146 valence electrons. The normalized spacial score (nSPS) is 16.2. The molecule has 1 saturated heterocycles. The Morgan fingerprint density at radius 2 is 1.86 bits per heavy atom. The summed E-state index contributed by atoms with van der Waals surface area (Å²) < 4.78 is 5.05. The number of benzene rings is 2. The quantitative estimate of drug-likeness (QED) is 0.706. The Kier molecular flexibility index (Phi) is 6.44. The molecule has 1 aliphatic rings. The second-order valence-electron chi connectivity index (χ2n) is 6.17. The predicted molar refractivity (Wildman–Crippen MR) is 108 cm³/mol. The molecule has 2 amide bonds. The summed E-state index contributed by atoms with van der Waals surface area (Å²) in [6.07, 6.45) is 0.00703. The van der Waals surface area contributed by atoms with Crippen LogP contribution >= 0.6 is 34.8 Å². The minimum Gasteiger partial charge on any atom is -0.455 e. The van der Waals surface area contributed by atoms with Crippen LogP contribution in [0.4, 0.5) is 11.4 Å². The van der Waals surface area contributed by atoms with Crippen LogP contribution in [0, 0.1) is 5.92 Å². The highest BCUT2D eigenvalue weighted by molar-refractivity contribution is 6.35. The molecule has 1 fully saturated rings. The van der Waals surface area contributed by atoms with Crippen molar-refractivity contribution in [2.45, 2.75) is 6.42 Å². The maximum atomic E-state index is 12.3. The van der Waals surface area contributed by atoms with Gasteiger partial charge in [0.2, 0.25) is 5.91 Å². The van der Waals surface area contributed by atoms with Crippen LogP contribution in [0.15, 0.2) is 42.5 Å². The van der Waals surface area contributed by atoms with Crippen molar-refractivity contribution in [3.05, 3.63) is 57.5 Å². The summed E-state index contributed by atoms with van der Waals surface area (Å²) in [5.74, 6) is -2.05. The molecule has 28 heavy (non-hydrogen) atoms. The zero-order valence-electron chi connectivity index (χ0n) is 14.5. The lowest BCUT2D eigenvalue weighted by Gasteiger charge is -2.16. The van der Waals surface area contributed by atoms with Gasteiger partial charge in [-0.15, -0.1) is 0 Å². The van der Waals surface area contributed by atoms with Gasteiger partial charge >= 0.3 is 5.97 Å². The first-order valence-corrected chi connectivity index (χ1v) is 9.44. The van der Waals surface area contributed by atoms with Crippen LogP contribution in [0.3, 0.4) is 0 Å². The molecule has 0 aromatic heterocycles. The van der Waals surface area contributed by atoms with E-state index in [-0.39, 0.29) is 18.9 Å². The molecule has 1 N–H and O–H groups in total. The van der Waals surface area contributed by atoms with Crippen LogP contribution in [0.25, 0.3) is 0 Å². The van der Waals surface area contributed by atoms with Gasteiger partial charge in [-0.2, -0.15) is 0 Å². The van der Waals surface area contributed by atoms with E-state index < -0.39 is 24.4 Å². The molecule has 0 bridgehead atoms. The molecule has 6 nitrogen and oxygen atoms in total. The van der Waals surface area contributed by atoms with Gasteiger partial charge in [0, 0.05) is 28.7 Å². The number of nitrogens with zero attached hydrogens (tertiary/aromatic N) is 1. The highest BCUT2D eigenvalue weighted by atomic mass is 35.5. The summed E-state index contributed by atoms with van der Waals surface area (Å²) in [6.45, 7) is -0.330. The average Bonchev–Trinajstić information content (AvgIpc) is 3.04. The molecule has 2 aromatic carbocycles. The average molecular weight is 442 g/mol. The van der Waals surface area contributed by atoms with Crippen molar-refractivity contribution in [3.63, 3.8) is 0 Å². The summed E-state index contributed by atoms with van der Waals surface area (Å²) in [6, 6.07) is 11.4. The summed E-state index contributed by atoms with van der Waals surface area (Å²) in [5, 5.41) is 3.73. The van der Waals surface area contributed by atoms with Crippen molar-refractivity contribution >= 4 is 64.0 Å². The maximum Gasteiger partial charge on any atom is 0.311 e. The van der Waals surface area contributed by atoms with Gasteiger partial charge in [-0.05, 0) is 36.4 Å². The van der Waals surface area contributed by atoms with Crippen LogP contribution in [0.5, 0.6) is 0 Å². The van der Waals surface area contributed by atoms with Gasteiger partial charge < -0.3 is 15.0 Å². The number of carbonyl (C=O) groups is 3. The summed E-state index contributed by atoms with van der Waals surface area (Å²) in [7, 11) is 0. The molecule has 1 aliphatic heterocycles. The van der Waals surface area contributed by atoms with Gasteiger partial charge in [0.1, 0.15) is 0 Å². The van der Waals surface area contributed by atoms with Gasteiger partial charge in [0.15, 0.2) is 6.61 Å². The summed E-state index contributed by atoms with van der Waals surface area (Å²) in [4.78, 5) is 38.0. The molecule has 9 heteroatoms. The summed E-state index contributed by atoms with van der Waals surface area (Å²) >= 11 is 17.8. The smallest absolute Gasteiger partial charge is 0.311 e. The molecule has 1 atom stereocenters. The van der Waals surface area contributed by atoms with E-state index in [1.54, 1.807) is 36.4 Å². The van der Waals surface area contributed by atoms with Gasteiger partial charge in [0.25, 0.3) is 5.91 Å². The lowest BCUT2D eigenvalue weighted by molar-refractivity contribution is -0.151. The molecule has 0 spiro atoms. The molecular weight excluding hydrogens is 427 g/mol. The molecule has 0 aliphatic carbocycles. The highest BCUT2D eigenvalue weighted by Crippen LogP contribution is 2.28. The van der Waals surface area contributed by atoms with Crippen LogP contribution in [-0.2, 0) is 19.1 Å². The van der Waals surface area contributed by atoms with E-state index >= 15 is 0 Å². The van der Waals surface area contributed by atoms with Gasteiger partial charge in [0.05, 0.1) is 16.6 Å². The third kappa shape index (κ3) is 4.95. The highest BCUT2D eigenvalue weighted by Gasteiger charge is 2.36. The van der Waals surface area contributed by atoms with Crippen molar-refractivity contribution in [1.82, 2.24) is 0 Å². The van der Waals surface area contributed by atoms with Crippen LogP contribution in [0.2, 0.25) is 15.1 Å². The van der Waals surface area contributed by atoms with Gasteiger partial charge in [-0.1, -0.05) is 40.9 Å². The van der Waals surface area contributed by atoms with E-state index in [0.29, 0.717) is 26.4 Å². The van der Waals surface area contributed by atoms with Crippen molar-refractivity contribution in [1.29, 1.82) is 0 Å². The summed E-state index contributed by atoms with van der Waals surface area (Å²) in [5.41, 5.74) is 0.930. The number of halogens is 3. The predicted octanol–water partition coefficient (Wildman–Crippen LogP) is 4.18. The SMILES string of the molecule is O=C(COC(=O)[C@@H]1CC(=O)N(c2cccc(Cl)c2)C1)Nc1cc(Cl)ccc1Cl. The number of hydrogen-bond acceptors (Lipinski definition) is 4. The molecule has 1 heterocycles. The zero-order chi connectivity index (χ0) is 20.3. The lowest BCUT2D eigenvalue weighted by Crippen LogP contribution is -2.28. The number of amides is 2. The van der Waals surface area contributed by atoms with E-state index in [2.05, 4.69) is 5.32 Å². The fourth-order valence-corrected chi connectivity index (χ4v) is 3.31. The van der Waals surface area contributed by atoms with Crippen LogP contribution in [-0.4, -0.2) is 30.9 Å².